The predicted molar refractivity (Wildman–Crippen MR) is 231 cm³/mol. The third-order valence-electron chi connectivity index (χ3n) is 8.81. The smallest absolute Gasteiger partial charge is 0.411 e. The molecule has 6 aromatic carbocycles. The number of nitrogens with zero attached hydrogens (tertiary/aromatic N) is 2. The molecule has 0 aliphatic rings. The zero-order valence-corrected chi connectivity index (χ0v) is 32.3. The molecule has 0 saturated heterocycles. The zero-order valence-electron chi connectivity index (χ0n) is 32.3. The maximum Gasteiger partial charge on any atom is 0.411 e. The van der Waals surface area contributed by atoms with Crippen molar-refractivity contribution < 1.29 is 28.7 Å². The number of hydrogen-bond donors (Lipinski definition) is 4. The summed E-state index contributed by atoms with van der Waals surface area (Å²) < 4.78 is 10.4. The molecule has 6 N–H and O–H groups in total. The monoisotopic (exact) mass is 788 g/mol. The van der Waals surface area contributed by atoms with E-state index in [0.29, 0.717) is 48.4 Å². The Morgan fingerprint density at radius 3 is 1.00 bits per heavy atom. The zero-order chi connectivity index (χ0) is 41.7. The van der Waals surface area contributed by atoms with Gasteiger partial charge in [-0.3, -0.25) is 10.6 Å². The second-order valence-corrected chi connectivity index (χ2v) is 13.4. The van der Waals surface area contributed by atoms with Gasteiger partial charge in [0.05, 0.1) is 24.6 Å². The van der Waals surface area contributed by atoms with Gasteiger partial charge in [-0.15, -0.1) is 0 Å². The molecule has 0 unspecified atom stereocenters. The van der Waals surface area contributed by atoms with Gasteiger partial charge in [-0.25, -0.2) is 19.2 Å². The average Bonchev–Trinajstić information content (AvgIpc) is 3.24. The molecule has 0 heterocycles. The van der Waals surface area contributed by atoms with Gasteiger partial charge in [-0.2, -0.15) is 9.98 Å². The first-order valence-electron chi connectivity index (χ1n) is 18.8. The number of nitrogens with two attached hydrogens (primary N) is 2. The van der Waals surface area contributed by atoms with Crippen molar-refractivity contribution in [2.75, 3.05) is 35.3 Å². The molecule has 0 radical (unpaired) electrons. The van der Waals surface area contributed by atoms with Gasteiger partial charge < -0.3 is 20.9 Å². The molecule has 0 aliphatic carbocycles. The maximum atomic E-state index is 12.1. The first-order chi connectivity index (χ1) is 28.7. The van der Waals surface area contributed by atoms with E-state index in [2.05, 4.69) is 20.6 Å². The highest BCUT2D eigenvalue weighted by Crippen LogP contribution is 2.19. The number of rotatable bonds is 15. The van der Waals surface area contributed by atoms with Crippen LogP contribution in [0.15, 0.2) is 156 Å². The summed E-state index contributed by atoms with van der Waals surface area (Å²) in [7, 11) is 0. The van der Waals surface area contributed by atoms with Crippen molar-refractivity contribution in [3.8, 4) is 0 Å². The first kappa shape index (κ1) is 42.4. The predicted octanol–water partition coefficient (Wildman–Crippen LogP) is 9.82. The standard InChI is InChI=1S/C34H30N4O6.C13H14N2/c39-23-35-29-11-3-25(4-12-29)21-27-7-15-31(16-8-27)37-33(41)43-19-1-2-20-44-34(42)38-32-17-9-28(10-18-32)22-26-5-13-30(14-6-26)36-24-40;14-12-5-1-10(2-6-12)9-11-3-7-13(15)8-4-11/h3-18H,1-2,19-22H2,(H,37,41)(H,38,42);1-8H,9,14-15H2. The molecule has 0 atom stereocenters. The Bertz CT molecular complexity index is 2170. The molecular formula is C47H44N6O6. The third kappa shape index (κ3) is 15.3. The molecule has 0 saturated carbocycles. The van der Waals surface area contributed by atoms with Crippen LogP contribution < -0.4 is 22.1 Å². The third-order valence-corrected chi connectivity index (χ3v) is 8.81. The summed E-state index contributed by atoms with van der Waals surface area (Å²) in [6.45, 7) is 0.376. The minimum Gasteiger partial charge on any atom is -0.449 e. The number of ether oxygens (including phenoxy) is 2. The molecule has 0 spiro atoms. The number of carbonyl (C=O) groups is 2. The lowest BCUT2D eigenvalue weighted by molar-refractivity contribution is 0.143. The van der Waals surface area contributed by atoms with Crippen LogP contribution in [0.1, 0.15) is 46.2 Å². The van der Waals surface area contributed by atoms with Crippen LogP contribution in [0.3, 0.4) is 0 Å². The van der Waals surface area contributed by atoms with E-state index in [-0.39, 0.29) is 13.2 Å². The molecule has 298 valence electrons. The van der Waals surface area contributed by atoms with Crippen LogP contribution in [-0.2, 0) is 38.3 Å². The van der Waals surface area contributed by atoms with Crippen molar-refractivity contribution in [2.24, 2.45) is 9.98 Å². The molecule has 59 heavy (non-hydrogen) atoms. The normalized spacial score (nSPS) is 10.1. The van der Waals surface area contributed by atoms with Crippen LogP contribution >= 0.6 is 0 Å². The number of aliphatic imine (C=N–C) groups is 2. The van der Waals surface area contributed by atoms with E-state index in [4.69, 9.17) is 20.9 Å². The quantitative estimate of drug-likeness (QED) is 0.0342. The van der Waals surface area contributed by atoms with Gasteiger partial charge in [-0.1, -0.05) is 72.8 Å². The van der Waals surface area contributed by atoms with E-state index < -0.39 is 12.2 Å². The second-order valence-electron chi connectivity index (χ2n) is 13.4. The highest BCUT2D eigenvalue weighted by molar-refractivity contribution is 5.85. The first-order valence-corrected chi connectivity index (χ1v) is 18.8. The fourth-order valence-electron chi connectivity index (χ4n) is 5.71. The lowest BCUT2D eigenvalue weighted by Gasteiger charge is -2.09. The number of carbonyl (C=O) groups excluding carboxylic acids is 4. The fourth-order valence-corrected chi connectivity index (χ4v) is 5.71. The van der Waals surface area contributed by atoms with Gasteiger partial charge in [0.2, 0.25) is 12.2 Å². The molecule has 2 amide bonds. The molecule has 0 bridgehead atoms. The number of nitrogens with one attached hydrogen (secondary N) is 2. The Balaban J connectivity index is 0.000000367. The summed E-state index contributed by atoms with van der Waals surface area (Å²) in [5.74, 6) is 0. The van der Waals surface area contributed by atoms with E-state index in [1.165, 1.54) is 23.3 Å². The number of unbranched alkanes of at least 4 members (excludes halogenated alkanes) is 1. The summed E-state index contributed by atoms with van der Waals surface area (Å²) in [5, 5.41) is 5.39. The van der Waals surface area contributed by atoms with Gasteiger partial charge in [-0.05, 0) is 138 Å². The topological polar surface area (TPSA) is 188 Å². The number of nitrogen functional groups attached to an aromatic ring is 2. The van der Waals surface area contributed by atoms with E-state index in [1.807, 2.05) is 97.1 Å². The Hall–Kier alpha value is -7.78. The molecule has 12 heteroatoms. The van der Waals surface area contributed by atoms with Crippen molar-refractivity contribution in [3.63, 3.8) is 0 Å². The minimum atomic E-state index is -0.560. The van der Waals surface area contributed by atoms with Crippen LogP contribution in [0.2, 0.25) is 0 Å². The average molecular weight is 789 g/mol. The number of hydrogen-bond acceptors (Lipinski definition) is 10. The van der Waals surface area contributed by atoms with Crippen molar-refractivity contribution in [1.29, 1.82) is 0 Å². The van der Waals surface area contributed by atoms with E-state index >= 15 is 0 Å². The largest absolute Gasteiger partial charge is 0.449 e. The Morgan fingerprint density at radius 1 is 0.441 bits per heavy atom. The maximum absolute atomic E-state index is 12.1. The lowest BCUT2D eigenvalue weighted by Crippen LogP contribution is -2.16. The van der Waals surface area contributed by atoms with Gasteiger partial charge >= 0.3 is 12.2 Å². The van der Waals surface area contributed by atoms with E-state index in [9.17, 15) is 19.2 Å². The summed E-state index contributed by atoms with van der Waals surface area (Å²) in [6.07, 6.45) is 5.30. The lowest BCUT2D eigenvalue weighted by atomic mass is 10.0. The minimum absolute atomic E-state index is 0.188. The van der Waals surface area contributed by atoms with Gasteiger partial charge in [0.15, 0.2) is 0 Å². The molecule has 6 rings (SSSR count). The number of anilines is 4. The van der Waals surface area contributed by atoms with Gasteiger partial charge in [0.25, 0.3) is 0 Å². The summed E-state index contributed by atoms with van der Waals surface area (Å²) in [6, 6.07) is 45.4. The van der Waals surface area contributed by atoms with Gasteiger partial charge in [0, 0.05) is 22.7 Å². The Kier molecular flexibility index (Phi) is 16.3. The molecule has 0 fully saturated rings. The highest BCUT2D eigenvalue weighted by Gasteiger charge is 2.07. The van der Waals surface area contributed by atoms with Crippen molar-refractivity contribution >= 4 is 58.5 Å². The second kappa shape index (κ2) is 22.7. The van der Waals surface area contributed by atoms with Gasteiger partial charge in [0.1, 0.15) is 0 Å². The Morgan fingerprint density at radius 2 is 0.712 bits per heavy atom. The molecular weight excluding hydrogens is 745 g/mol. The van der Waals surface area contributed by atoms with Crippen molar-refractivity contribution in [1.82, 2.24) is 0 Å². The number of amides is 2. The van der Waals surface area contributed by atoms with E-state index in [0.717, 1.165) is 40.0 Å². The Labute approximate surface area is 342 Å². The van der Waals surface area contributed by atoms with Crippen LogP contribution in [-0.4, -0.2) is 37.6 Å². The van der Waals surface area contributed by atoms with Crippen LogP contribution in [0.4, 0.5) is 43.7 Å². The van der Waals surface area contributed by atoms with Crippen LogP contribution in [0.25, 0.3) is 0 Å². The van der Waals surface area contributed by atoms with Crippen molar-refractivity contribution in [3.05, 3.63) is 179 Å². The van der Waals surface area contributed by atoms with Crippen LogP contribution in [0.5, 0.6) is 0 Å². The number of benzene rings is 6. The summed E-state index contributed by atoms with van der Waals surface area (Å²) in [5.41, 5.74) is 22.0. The SMILES string of the molecule is Nc1ccc(Cc2ccc(N)cc2)cc1.O=C=Nc1ccc(Cc2ccc(NC(=O)OCCCCOC(=O)Nc3ccc(Cc4ccc(N=C=O)cc4)cc3)cc2)cc1. The summed E-state index contributed by atoms with van der Waals surface area (Å²) in [4.78, 5) is 52.0. The number of isocyanates is 2. The molecule has 0 aliphatic heterocycles. The fraction of sp³-hybridized carbons (Fsp3) is 0.149. The summed E-state index contributed by atoms with van der Waals surface area (Å²) >= 11 is 0. The molecule has 6 aromatic rings. The molecule has 0 aromatic heterocycles. The van der Waals surface area contributed by atoms with E-state index in [1.54, 1.807) is 48.5 Å². The highest BCUT2D eigenvalue weighted by atomic mass is 16.6. The van der Waals surface area contributed by atoms with Crippen LogP contribution in [0, 0.1) is 0 Å². The molecule has 12 nitrogen and oxygen atoms in total. The van der Waals surface area contributed by atoms with Crippen molar-refractivity contribution in [2.45, 2.75) is 32.1 Å².